The fourth-order valence-electron chi connectivity index (χ4n) is 1.25. The predicted molar refractivity (Wildman–Crippen MR) is 54.9 cm³/mol. The first-order valence-electron chi connectivity index (χ1n) is 4.63. The van der Waals surface area contributed by atoms with Gasteiger partial charge in [-0.3, -0.25) is 4.79 Å². The van der Waals surface area contributed by atoms with Gasteiger partial charge in [-0.1, -0.05) is 6.92 Å². The van der Waals surface area contributed by atoms with Crippen LogP contribution in [0.5, 0.6) is 0 Å². The van der Waals surface area contributed by atoms with Crippen molar-refractivity contribution in [2.45, 2.75) is 13.3 Å². The number of hydrogen-bond donors (Lipinski definition) is 1. The van der Waals surface area contributed by atoms with Gasteiger partial charge >= 0.3 is 6.09 Å². The number of aromatic nitrogens is 1. The van der Waals surface area contributed by atoms with E-state index >= 15 is 0 Å². The van der Waals surface area contributed by atoms with Crippen LogP contribution in [0, 0.1) is 11.5 Å². The summed E-state index contributed by atoms with van der Waals surface area (Å²) in [5.41, 5.74) is 0.713. The molecule has 1 N–H and O–H groups in total. The number of nitrogens with zero attached hydrogens (tertiary/aromatic N) is 3. The molecule has 0 spiro atoms. The smallest absolute Gasteiger partial charge is 0.416 e. The number of carbonyl (C=O) groups is 2. The summed E-state index contributed by atoms with van der Waals surface area (Å²) in [5.74, 6) is -0.635. The third kappa shape index (κ3) is 2.03. The van der Waals surface area contributed by atoms with E-state index in [4.69, 9.17) is 10.4 Å². The maximum atomic E-state index is 11.6. The molecule has 1 rings (SSSR count). The maximum absolute atomic E-state index is 11.6. The summed E-state index contributed by atoms with van der Waals surface area (Å²) in [5, 5.41) is 17.4. The van der Waals surface area contributed by atoms with Crippen molar-refractivity contribution < 1.29 is 14.7 Å². The van der Waals surface area contributed by atoms with Crippen molar-refractivity contribution >= 4 is 12.0 Å². The molecule has 1 amide bonds. The van der Waals surface area contributed by atoms with E-state index in [1.807, 2.05) is 6.92 Å². The quantitative estimate of drug-likeness (QED) is 0.599. The molecule has 0 atom stereocenters. The fourth-order valence-corrected chi connectivity index (χ4v) is 1.25. The molecule has 0 saturated carbocycles. The molecule has 6 heteroatoms. The van der Waals surface area contributed by atoms with E-state index in [1.54, 1.807) is 6.19 Å². The molecule has 0 radical (unpaired) electrons. The zero-order valence-electron chi connectivity index (χ0n) is 8.97. The van der Waals surface area contributed by atoms with E-state index < -0.39 is 12.0 Å². The summed E-state index contributed by atoms with van der Waals surface area (Å²) in [7, 11) is 1.28. The van der Waals surface area contributed by atoms with Crippen LogP contribution in [0.25, 0.3) is 0 Å². The van der Waals surface area contributed by atoms with Crippen molar-refractivity contribution in [3.05, 3.63) is 23.5 Å². The molecule has 16 heavy (non-hydrogen) atoms. The standard InChI is InChI=1S/C10H11N3O3/c1-3-7-4-8(9(14)12(2)6-11)13(5-7)10(15)16/h4-5H,3H2,1-2H3,(H,15,16). The molecule has 6 nitrogen and oxygen atoms in total. The van der Waals surface area contributed by atoms with Crippen LogP contribution in [-0.4, -0.2) is 33.6 Å². The zero-order valence-corrected chi connectivity index (χ0v) is 8.97. The largest absolute Gasteiger partial charge is 0.464 e. The second-order valence-corrected chi connectivity index (χ2v) is 3.20. The highest BCUT2D eigenvalue weighted by Crippen LogP contribution is 2.11. The van der Waals surface area contributed by atoms with Crippen LogP contribution < -0.4 is 0 Å². The normalized spacial score (nSPS) is 9.56. The first kappa shape index (κ1) is 11.8. The van der Waals surface area contributed by atoms with Crippen LogP contribution in [0.4, 0.5) is 4.79 Å². The van der Waals surface area contributed by atoms with Gasteiger partial charge in [0.15, 0.2) is 6.19 Å². The lowest BCUT2D eigenvalue weighted by Gasteiger charge is -2.07. The number of carbonyl (C=O) groups excluding carboxylic acids is 1. The van der Waals surface area contributed by atoms with Crippen LogP contribution in [0.1, 0.15) is 23.0 Å². The van der Waals surface area contributed by atoms with Gasteiger partial charge < -0.3 is 5.11 Å². The van der Waals surface area contributed by atoms with Crippen molar-refractivity contribution in [1.29, 1.82) is 5.26 Å². The van der Waals surface area contributed by atoms with Gasteiger partial charge in [-0.15, -0.1) is 0 Å². The van der Waals surface area contributed by atoms with E-state index in [0.29, 0.717) is 6.42 Å². The number of amides is 1. The molecule has 0 aliphatic rings. The van der Waals surface area contributed by atoms with Gasteiger partial charge in [0.25, 0.3) is 5.91 Å². The third-order valence-corrected chi connectivity index (χ3v) is 2.16. The lowest BCUT2D eigenvalue weighted by molar-refractivity contribution is 0.0847. The third-order valence-electron chi connectivity index (χ3n) is 2.16. The molecule has 0 unspecified atom stereocenters. The molecule has 1 heterocycles. The second-order valence-electron chi connectivity index (χ2n) is 3.20. The van der Waals surface area contributed by atoms with E-state index in [2.05, 4.69) is 0 Å². The number of carboxylic acid groups (broad SMARTS) is 1. The highest BCUT2D eigenvalue weighted by atomic mass is 16.4. The monoisotopic (exact) mass is 221 g/mol. The van der Waals surface area contributed by atoms with Crippen LogP contribution >= 0.6 is 0 Å². The topological polar surface area (TPSA) is 86.3 Å². The summed E-state index contributed by atoms with van der Waals surface area (Å²) in [6, 6.07) is 1.48. The van der Waals surface area contributed by atoms with Gasteiger partial charge in [0.1, 0.15) is 5.69 Å². The summed E-state index contributed by atoms with van der Waals surface area (Å²) >= 11 is 0. The number of hydrogen-bond acceptors (Lipinski definition) is 3. The minimum Gasteiger partial charge on any atom is -0.464 e. The zero-order chi connectivity index (χ0) is 12.3. The van der Waals surface area contributed by atoms with Crippen LogP contribution in [0.3, 0.4) is 0 Å². The highest BCUT2D eigenvalue weighted by molar-refractivity contribution is 5.96. The Morgan fingerprint density at radius 2 is 2.25 bits per heavy atom. The number of nitriles is 1. The highest BCUT2D eigenvalue weighted by Gasteiger charge is 2.20. The lowest BCUT2D eigenvalue weighted by atomic mass is 10.2. The molecule has 1 aromatic heterocycles. The van der Waals surface area contributed by atoms with Crippen LogP contribution in [-0.2, 0) is 6.42 Å². The average Bonchev–Trinajstić information content (AvgIpc) is 2.71. The van der Waals surface area contributed by atoms with Gasteiger partial charge in [0.2, 0.25) is 0 Å². The molecular formula is C10H11N3O3. The lowest BCUT2D eigenvalue weighted by Crippen LogP contribution is -2.25. The van der Waals surface area contributed by atoms with Crippen molar-refractivity contribution in [3.8, 4) is 6.19 Å². The Morgan fingerprint density at radius 3 is 2.69 bits per heavy atom. The molecule has 0 fully saturated rings. The number of aryl methyl sites for hydroxylation is 1. The predicted octanol–water partition coefficient (Wildman–Crippen LogP) is 1.13. The average molecular weight is 221 g/mol. The van der Waals surface area contributed by atoms with Gasteiger partial charge in [0.05, 0.1) is 0 Å². The second kappa shape index (κ2) is 4.49. The first-order valence-corrected chi connectivity index (χ1v) is 4.63. The van der Waals surface area contributed by atoms with Crippen LogP contribution in [0.2, 0.25) is 0 Å². The van der Waals surface area contributed by atoms with E-state index in [0.717, 1.165) is 15.0 Å². The first-order chi connectivity index (χ1) is 7.51. The Bertz CT molecular complexity index is 470. The van der Waals surface area contributed by atoms with Crippen molar-refractivity contribution in [2.24, 2.45) is 0 Å². The molecule has 0 aliphatic carbocycles. The summed E-state index contributed by atoms with van der Waals surface area (Å²) in [4.78, 5) is 23.3. The van der Waals surface area contributed by atoms with Crippen LogP contribution in [0.15, 0.2) is 12.3 Å². The minimum atomic E-state index is -1.24. The van der Waals surface area contributed by atoms with E-state index in [-0.39, 0.29) is 5.69 Å². The molecule has 0 aromatic carbocycles. The fraction of sp³-hybridized carbons (Fsp3) is 0.300. The van der Waals surface area contributed by atoms with Crippen molar-refractivity contribution in [1.82, 2.24) is 9.47 Å². The summed E-state index contributed by atoms with van der Waals surface area (Å²) in [6.07, 6.45) is 2.39. The van der Waals surface area contributed by atoms with Gasteiger partial charge in [-0.05, 0) is 18.1 Å². The van der Waals surface area contributed by atoms with E-state index in [1.165, 1.54) is 19.3 Å². The Hall–Kier alpha value is -2.29. The maximum Gasteiger partial charge on any atom is 0.416 e. The SMILES string of the molecule is CCc1cc(C(=O)N(C)C#N)n(C(=O)O)c1. The van der Waals surface area contributed by atoms with Gasteiger partial charge in [-0.2, -0.15) is 5.26 Å². The molecule has 0 bridgehead atoms. The Morgan fingerprint density at radius 1 is 1.62 bits per heavy atom. The minimum absolute atomic E-state index is 0.0200. The van der Waals surface area contributed by atoms with Gasteiger partial charge in [-0.25, -0.2) is 14.3 Å². The molecule has 0 saturated heterocycles. The number of rotatable bonds is 2. The Labute approximate surface area is 92.3 Å². The Kier molecular flexibility index (Phi) is 3.30. The van der Waals surface area contributed by atoms with Gasteiger partial charge in [0, 0.05) is 13.2 Å². The van der Waals surface area contributed by atoms with Crippen molar-refractivity contribution in [2.75, 3.05) is 7.05 Å². The van der Waals surface area contributed by atoms with Crippen molar-refractivity contribution in [3.63, 3.8) is 0 Å². The molecule has 84 valence electrons. The summed E-state index contributed by atoms with van der Waals surface area (Å²) in [6.45, 7) is 1.85. The summed E-state index contributed by atoms with van der Waals surface area (Å²) < 4.78 is 0.828. The Balaban J connectivity index is 3.22. The molecule has 0 aliphatic heterocycles. The molecular weight excluding hydrogens is 210 g/mol. The molecule has 1 aromatic rings. The van der Waals surface area contributed by atoms with E-state index in [9.17, 15) is 9.59 Å².